The number of hydrogen-bond acceptors (Lipinski definition) is 2. The van der Waals surface area contributed by atoms with Crippen LogP contribution in [0, 0.1) is 11.8 Å². The molecule has 0 radical (unpaired) electrons. The third-order valence-corrected chi connectivity index (χ3v) is 2.44. The van der Waals surface area contributed by atoms with Gasteiger partial charge in [0.1, 0.15) is 0 Å². The third-order valence-electron chi connectivity index (χ3n) is 2.19. The molecule has 112 valence electrons. The molecule has 0 aromatic rings. The Morgan fingerprint density at radius 1 is 1.11 bits per heavy atom. The van der Waals surface area contributed by atoms with E-state index in [4.69, 9.17) is 5.73 Å². The fourth-order valence-corrected chi connectivity index (χ4v) is 1.62. The van der Waals surface area contributed by atoms with Crippen LogP contribution in [-0.4, -0.2) is 29.3 Å². The van der Waals surface area contributed by atoms with Crippen molar-refractivity contribution in [1.29, 1.82) is 0 Å². The zero-order chi connectivity index (χ0) is 15.6. The predicted octanol–water partition coefficient (Wildman–Crippen LogP) is 2.15. The fourth-order valence-electron chi connectivity index (χ4n) is 1.29. The maximum atomic E-state index is 12.3. The molecule has 1 atom stereocenters. The van der Waals surface area contributed by atoms with Gasteiger partial charge in [0.2, 0.25) is 11.8 Å². The highest BCUT2D eigenvalue weighted by atomic mass is 32.1. The minimum Gasteiger partial charge on any atom is -0.392 e. The highest BCUT2D eigenvalue weighted by Gasteiger charge is 2.61. The number of amides is 1. The van der Waals surface area contributed by atoms with E-state index in [-0.39, 0.29) is 4.99 Å². The molecule has 0 heterocycles. The van der Waals surface area contributed by atoms with Crippen LogP contribution in [0.1, 0.15) is 13.8 Å². The Balaban J connectivity index is 5.20. The molecule has 0 aliphatic heterocycles. The number of carbonyl (C=O) groups excluding carboxylic acids is 1. The number of nitrogens with two attached hydrogens (primary N) is 1. The monoisotopic (exact) mass is 310 g/mol. The molecule has 0 bridgehead atoms. The van der Waals surface area contributed by atoms with Crippen molar-refractivity contribution in [3.63, 3.8) is 0 Å². The zero-order valence-electron chi connectivity index (χ0n) is 9.89. The molecular weight excluding hydrogens is 298 g/mol. The van der Waals surface area contributed by atoms with Gasteiger partial charge in [-0.05, 0) is 5.92 Å². The van der Waals surface area contributed by atoms with E-state index in [1.165, 1.54) is 13.8 Å². The molecule has 0 fully saturated rings. The second-order valence-electron chi connectivity index (χ2n) is 4.15. The van der Waals surface area contributed by atoms with Crippen LogP contribution < -0.4 is 11.1 Å². The van der Waals surface area contributed by atoms with E-state index in [9.17, 15) is 31.1 Å². The molecule has 19 heavy (non-hydrogen) atoms. The smallest absolute Gasteiger partial charge is 0.392 e. The summed E-state index contributed by atoms with van der Waals surface area (Å²) in [4.78, 5) is 10.8. The quantitative estimate of drug-likeness (QED) is 0.618. The molecule has 0 spiro atoms. The van der Waals surface area contributed by atoms with E-state index in [2.05, 4.69) is 12.2 Å². The van der Waals surface area contributed by atoms with Crippen molar-refractivity contribution < 1.29 is 31.1 Å². The van der Waals surface area contributed by atoms with E-state index in [0.717, 1.165) is 0 Å². The minimum atomic E-state index is -5.74. The van der Waals surface area contributed by atoms with Crippen LogP contribution >= 0.6 is 12.2 Å². The van der Waals surface area contributed by atoms with E-state index in [1.807, 2.05) is 0 Å². The van der Waals surface area contributed by atoms with Gasteiger partial charge in [-0.2, -0.15) is 26.3 Å². The molecule has 0 saturated carbocycles. The Bertz CT molecular complexity index is 338. The molecule has 1 unspecified atom stereocenters. The van der Waals surface area contributed by atoms with E-state index >= 15 is 0 Å². The van der Waals surface area contributed by atoms with Gasteiger partial charge in [0, 0.05) is 0 Å². The maximum absolute atomic E-state index is 12.3. The summed E-state index contributed by atoms with van der Waals surface area (Å²) in [6.07, 6.45) is -11.5. The van der Waals surface area contributed by atoms with Crippen LogP contribution in [-0.2, 0) is 4.79 Å². The van der Waals surface area contributed by atoms with Gasteiger partial charge in [-0.3, -0.25) is 4.79 Å². The Labute approximate surface area is 110 Å². The molecule has 0 aliphatic rings. The average molecular weight is 310 g/mol. The topological polar surface area (TPSA) is 55.1 Å². The second-order valence-corrected chi connectivity index (χ2v) is 4.62. The fraction of sp³-hybridized carbons (Fsp3) is 0.778. The number of halogens is 6. The van der Waals surface area contributed by atoms with E-state index in [0.29, 0.717) is 0 Å². The molecule has 1 amide bonds. The third kappa shape index (κ3) is 5.21. The summed E-state index contributed by atoms with van der Waals surface area (Å²) in [5.41, 5.74) is 5.16. The molecular formula is C9H12F6N2OS. The first kappa shape index (κ1) is 17.9. The van der Waals surface area contributed by atoms with Crippen LogP contribution in [0.3, 0.4) is 0 Å². The van der Waals surface area contributed by atoms with Crippen molar-refractivity contribution in [2.24, 2.45) is 17.6 Å². The van der Waals surface area contributed by atoms with Crippen molar-refractivity contribution in [2.75, 3.05) is 0 Å². The normalized spacial score (nSPS) is 14.6. The highest BCUT2D eigenvalue weighted by molar-refractivity contribution is 7.80. The number of hydrogen-bond donors (Lipinski definition) is 2. The second kappa shape index (κ2) is 5.93. The van der Waals surface area contributed by atoms with Crippen molar-refractivity contribution in [1.82, 2.24) is 5.32 Å². The predicted molar refractivity (Wildman–Crippen MR) is 59.2 cm³/mol. The summed E-state index contributed by atoms with van der Waals surface area (Å²) in [7, 11) is 0. The summed E-state index contributed by atoms with van der Waals surface area (Å²) < 4.78 is 73.6. The van der Waals surface area contributed by atoms with E-state index < -0.39 is 36.1 Å². The average Bonchev–Trinajstić information content (AvgIpc) is 2.07. The van der Waals surface area contributed by atoms with Crippen LogP contribution in [0.25, 0.3) is 0 Å². The number of carbonyl (C=O) groups is 1. The zero-order valence-corrected chi connectivity index (χ0v) is 10.7. The molecule has 0 aromatic heterocycles. The van der Waals surface area contributed by atoms with Gasteiger partial charge in [0.25, 0.3) is 0 Å². The van der Waals surface area contributed by atoms with Gasteiger partial charge < -0.3 is 11.1 Å². The minimum absolute atomic E-state index is 0.383. The maximum Gasteiger partial charge on any atom is 0.409 e. The number of alkyl halides is 6. The lowest BCUT2D eigenvalue weighted by Gasteiger charge is -2.26. The van der Waals surface area contributed by atoms with Gasteiger partial charge in [0.15, 0.2) is 0 Å². The Hall–Kier alpha value is -1.06. The molecule has 0 saturated heterocycles. The lowest BCUT2D eigenvalue weighted by molar-refractivity contribution is -0.274. The first-order valence-corrected chi connectivity index (χ1v) is 5.42. The summed E-state index contributed by atoms with van der Waals surface area (Å²) in [5, 5.41) is 1.58. The highest BCUT2D eigenvalue weighted by Crippen LogP contribution is 2.39. The summed E-state index contributed by atoms with van der Waals surface area (Å²) in [5.74, 6) is -6.86. The molecule has 0 rings (SSSR count). The van der Waals surface area contributed by atoms with E-state index in [1.54, 1.807) is 5.32 Å². The Morgan fingerprint density at radius 2 is 1.47 bits per heavy atom. The van der Waals surface area contributed by atoms with Crippen LogP contribution in [0.2, 0.25) is 0 Å². The van der Waals surface area contributed by atoms with Gasteiger partial charge in [0.05, 0.1) is 11.0 Å². The molecule has 0 aromatic carbocycles. The first-order valence-electron chi connectivity index (χ1n) is 5.01. The molecule has 3 N–H and O–H groups in total. The number of nitrogens with one attached hydrogen (secondary N) is 1. The van der Waals surface area contributed by atoms with Crippen molar-refractivity contribution in [3.05, 3.63) is 0 Å². The van der Waals surface area contributed by atoms with Crippen molar-refractivity contribution in [2.45, 2.75) is 32.2 Å². The molecule has 10 heteroatoms. The number of thiocarbonyl (C=S) groups is 1. The first-order chi connectivity index (χ1) is 8.28. The van der Waals surface area contributed by atoms with Crippen LogP contribution in [0.5, 0.6) is 0 Å². The van der Waals surface area contributed by atoms with Crippen LogP contribution in [0.15, 0.2) is 0 Å². The lowest BCUT2D eigenvalue weighted by Crippen LogP contribution is -2.54. The largest absolute Gasteiger partial charge is 0.409 e. The van der Waals surface area contributed by atoms with Crippen LogP contribution in [0.4, 0.5) is 26.3 Å². The summed E-state index contributed by atoms with van der Waals surface area (Å²) in [6, 6.07) is -1.24. The summed E-state index contributed by atoms with van der Waals surface area (Å²) >= 11 is 4.49. The summed E-state index contributed by atoms with van der Waals surface area (Å²) in [6.45, 7) is 2.89. The van der Waals surface area contributed by atoms with Gasteiger partial charge >= 0.3 is 12.4 Å². The Kier molecular flexibility index (Phi) is 5.60. The Morgan fingerprint density at radius 3 is 1.68 bits per heavy atom. The SMILES string of the molecule is CC(C)C(NC(=O)C(C(F)(F)F)C(F)(F)F)C(N)=S. The van der Waals surface area contributed by atoms with Gasteiger partial charge in [-0.15, -0.1) is 0 Å². The van der Waals surface area contributed by atoms with Crippen molar-refractivity contribution in [3.8, 4) is 0 Å². The van der Waals surface area contributed by atoms with Gasteiger partial charge in [-0.1, -0.05) is 26.1 Å². The van der Waals surface area contributed by atoms with Crippen molar-refractivity contribution >= 4 is 23.1 Å². The molecule has 0 aliphatic carbocycles. The lowest BCUT2D eigenvalue weighted by atomic mass is 10.0. The standard InChI is InChI=1S/C9H12F6N2OS/c1-3(2)4(6(16)19)17-7(18)5(8(10,11)12)9(13,14)15/h3-5H,1-2H3,(H2,16,19)(H,17,18). The molecule has 3 nitrogen and oxygen atoms in total. The van der Waals surface area contributed by atoms with Gasteiger partial charge in [-0.25, -0.2) is 0 Å². The number of rotatable bonds is 4.